The maximum Gasteiger partial charge on any atom is 0.249 e. The maximum atomic E-state index is 13.2. The van der Waals surface area contributed by atoms with Crippen LogP contribution in [0, 0.1) is 0 Å². The summed E-state index contributed by atoms with van der Waals surface area (Å²) in [6.07, 6.45) is 9.31. The minimum absolute atomic E-state index is 0.0335. The topological polar surface area (TPSA) is 32.3 Å². The summed E-state index contributed by atoms with van der Waals surface area (Å²) in [5.41, 5.74) is 2.78. The van der Waals surface area contributed by atoms with Gasteiger partial charge in [-0.3, -0.25) is 4.79 Å². The first-order chi connectivity index (χ1) is 12.5. The molecule has 0 bridgehead atoms. The monoisotopic (exact) mass is 372 g/mol. The van der Waals surface area contributed by atoms with Crippen molar-refractivity contribution in [1.29, 1.82) is 0 Å². The van der Waals surface area contributed by atoms with Crippen molar-refractivity contribution in [2.75, 3.05) is 14.1 Å². The number of alkyl halides is 1. The van der Waals surface area contributed by atoms with Crippen molar-refractivity contribution in [3.05, 3.63) is 59.2 Å². The van der Waals surface area contributed by atoms with Crippen molar-refractivity contribution in [3.63, 3.8) is 0 Å². The Bertz CT molecular complexity index is 702. The molecule has 2 unspecified atom stereocenters. The van der Waals surface area contributed by atoms with Gasteiger partial charge in [0.1, 0.15) is 0 Å². The average molecular weight is 373 g/mol. The highest BCUT2D eigenvalue weighted by Gasteiger charge is 2.45. The van der Waals surface area contributed by atoms with E-state index in [1.54, 1.807) is 0 Å². The molecule has 2 aliphatic rings. The van der Waals surface area contributed by atoms with E-state index < -0.39 is 0 Å². The molecule has 3 nitrogen and oxygen atoms in total. The van der Waals surface area contributed by atoms with Gasteiger partial charge in [0.05, 0.1) is 11.4 Å². The van der Waals surface area contributed by atoms with Gasteiger partial charge in [-0.25, -0.2) is 0 Å². The molecule has 140 valence electrons. The summed E-state index contributed by atoms with van der Waals surface area (Å²) in [5.74, 6) is -0.0335. The standard InChI is InChI=1S/C22H29ClN2O/c1-16-10-9-13-18(23)19(16)21(26)24-20(17-11-5-4-6-12-17)22(25(2)3)14-7-8-15-22/h4-6,9-12,18,20H,7-8,13-15H2,1-3H3,(H,24,26). The summed E-state index contributed by atoms with van der Waals surface area (Å²) in [7, 11) is 4.26. The molecule has 0 spiro atoms. The molecule has 1 aromatic rings. The second-order valence-corrected chi connectivity index (χ2v) is 8.25. The fraction of sp³-hybridized carbons (Fsp3) is 0.500. The van der Waals surface area contributed by atoms with Gasteiger partial charge >= 0.3 is 0 Å². The number of allylic oxidation sites excluding steroid dienone is 3. The molecule has 1 aromatic carbocycles. The van der Waals surface area contributed by atoms with Gasteiger partial charge in [0.2, 0.25) is 5.91 Å². The summed E-state index contributed by atoms with van der Waals surface area (Å²) in [5, 5.41) is 3.12. The van der Waals surface area contributed by atoms with Crippen LogP contribution in [0.3, 0.4) is 0 Å². The highest BCUT2D eigenvalue weighted by atomic mass is 35.5. The highest BCUT2D eigenvalue weighted by Crippen LogP contribution is 2.43. The number of halogens is 1. The highest BCUT2D eigenvalue weighted by molar-refractivity contribution is 6.26. The third-order valence-corrected chi connectivity index (χ3v) is 6.40. The molecule has 0 aliphatic heterocycles. The largest absolute Gasteiger partial charge is 0.344 e. The predicted molar refractivity (Wildman–Crippen MR) is 108 cm³/mol. The van der Waals surface area contributed by atoms with Gasteiger partial charge in [-0.15, -0.1) is 11.6 Å². The molecular weight excluding hydrogens is 344 g/mol. The van der Waals surface area contributed by atoms with Crippen LogP contribution < -0.4 is 5.32 Å². The Morgan fingerprint density at radius 1 is 1.23 bits per heavy atom. The molecule has 0 saturated heterocycles. The van der Waals surface area contributed by atoms with Gasteiger partial charge in [-0.1, -0.05) is 55.3 Å². The molecule has 4 heteroatoms. The fourth-order valence-corrected chi connectivity index (χ4v) is 4.88. The van der Waals surface area contributed by atoms with Crippen LogP contribution in [0.2, 0.25) is 0 Å². The van der Waals surface area contributed by atoms with Crippen LogP contribution in [-0.4, -0.2) is 35.8 Å². The molecule has 3 rings (SSSR count). The number of nitrogens with one attached hydrogen (secondary N) is 1. The summed E-state index contributed by atoms with van der Waals surface area (Å²) < 4.78 is 0. The first-order valence-corrected chi connectivity index (χ1v) is 9.94. The van der Waals surface area contributed by atoms with Crippen LogP contribution in [0.15, 0.2) is 53.6 Å². The van der Waals surface area contributed by atoms with E-state index in [-0.39, 0.29) is 22.9 Å². The van der Waals surface area contributed by atoms with Crippen LogP contribution >= 0.6 is 11.6 Å². The van der Waals surface area contributed by atoms with E-state index in [4.69, 9.17) is 11.6 Å². The lowest BCUT2D eigenvalue weighted by atomic mass is 9.82. The number of amides is 1. The van der Waals surface area contributed by atoms with Crippen molar-refractivity contribution in [2.45, 2.75) is 56.0 Å². The minimum Gasteiger partial charge on any atom is -0.344 e. The molecule has 2 atom stereocenters. The maximum absolute atomic E-state index is 13.2. The third kappa shape index (κ3) is 3.60. The van der Waals surface area contributed by atoms with Gasteiger partial charge in [0.15, 0.2) is 0 Å². The number of nitrogens with zero attached hydrogens (tertiary/aromatic N) is 1. The second-order valence-electron chi connectivity index (χ2n) is 7.72. The lowest BCUT2D eigenvalue weighted by Crippen LogP contribution is -2.53. The molecule has 1 saturated carbocycles. The van der Waals surface area contributed by atoms with Crippen molar-refractivity contribution in [2.24, 2.45) is 0 Å². The van der Waals surface area contributed by atoms with E-state index in [9.17, 15) is 4.79 Å². The Morgan fingerprint density at radius 2 is 1.88 bits per heavy atom. The fourth-order valence-electron chi connectivity index (χ4n) is 4.50. The summed E-state index contributed by atoms with van der Waals surface area (Å²) in [4.78, 5) is 15.5. The number of hydrogen-bond acceptors (Lipinski definition) is 2. The molecule has 26 heavy (non-hydrogen) atoms. The van der Waals surface area contributed by atoms with Crippen LogP contribution in [0.4, 0.5) is 0 Å². The van der Waals surface area contributed by atoms with E-state index in [1.165, 1.54) is 12.8 Å². The first-order valence-electron chi connectivity index (χ1n) is 9.50. The van der Waals surface area contributed by atoms with Crippen LogP contribution in [0.1, 0.15) is 50.6 Å². The molecule has 0 heterocycles. The second kappa shape index (κ2) is 7.98. The molecule has 0 radical (unpaired) electrons. The lowest BCUT2D eigenvalue weighted by Gasteiger charge is -2.44. The van der Waals surface area contributed by atoms with Crippen LogP contribution in [-0.2, 0) is 4.79 Å². The molecule has 1 fully saturated rings. The Morgan fingerprint density at radius 3 is 2.46 bits per heavy atom. The number of benzene rings is 1. The lowest BCUT2D eigenvalue weighted by molar-refractivity contribution is -0.119. The average Bonchev–Trinajstić information content (AvgIpc) is 3.11. The van der Waals surface area contributed by atoms with E-state index in [0.717, 1.165) is 24.0 Å². The smallest absolute Gasteiger partial charge is 0.249 e. The number of likely N-dealkylation sites (N-methyl/N-ethyl adjacent to an activating group) is 1. The number of carbonyl (C=O) groups excluding carboxylic acids is 1. The van der Waals surface area contributed by atoms with Gasteiger partial charge in [-0.2, -0.15) is 0 Å². The van der Waals surface area contributed by atoms with E-state index in [1.807, 2.05) is 37.3 Å². The quantitative estimate of drug-likeness (QED) is 0.766. The van der Waals surface area contributed by atoms with Crippen molar-refractivity contribution < 1.29 is 4.79 Å². The zero-order chi connectivity index (χ0) is 18.7. The Labute approximate surface area is 162 Å². The van der Waals surface area contributed by atoms with Gasteiger partial charge in [0.25, 0.3) is 0 Å². The zero-order valence-electron chi connectivity index (χ0n) is 16.0. The summed E-state index contributed by atoms with van der Waals surface area (Å²) >= 11 is 6.48. The molecular formula is C22H29ClN2O. The summed E-state index contributed by atoms with van der Waals surface area (Å²) in [6.45, 7) is 1.97. The molecule has 1 amide bonds. The van der Waals surface area contributed by atoms with Gasteiger partial charge in [0, 0.05) is 11.1 Å². The van der Waals surface area contributed by atoms with E-state index >= 15 is 0 Å². The van der Waals surface area contributed by atoms with Crippen molar-refractivity contribution in [3.8, 4) is 0 Å². The normalized spacial score (nSPS) is 23.3. The van der Waals surface area contributed by atoms with Crippen LogP contribution in [0.25, 0.3) is 0 Å². The van der Waals surface area contributed by atoms with Gasteiger partial charge < -0.3 is 10.2 Å². The Balaban J connectivity index is 1.97. The predicted octanol–water partition coefficient (Wildman–Crippen LogP) is 4.60. The van der Waals surface area contributed by atoms with E-state index in [2.05, 4.69) is 36.4 Å². The Hall–Kier alpha value is -1.58. The molecule has 0 aromatic heterocycles. The molecule has 1 N–H and O–H groups in total. The number of carbonyl (C=O) groups is 1. The molecule has 2 aliphatic carbocycles. The minimum atomic E-state index is -0.254. The first kappa shape index (κ1) is 19.2. The Kier molecular flexibility index (Phi) is 5.89. The van der Waals surface area contributed by atoms with Crippen molar-refractivity contribution >= 4 is 17.5 Å². The SMILES string of the molecule is CC1=C(C(=O)NC(c2ccccc2)C2(N(C)C)CCCC2)C(Cl)CC=C1. The van der Waals surface area contributed by atoms with Gasteiger partial charge in [-0.05, 0) is 51.4 Å². The van der Waals surface area contributed by atoms with Crippen molar-refractivity contribution in [1.82, 2.24) is 10.2 Å². The third-order valence-electron chi connectivity index (χ3n) is 6.00. The summed E-state index contributed by atoms with van der Waals surface area (Å²) in [6, 6.07) is 10.3. The van der Waals surface area contributed by atoms with Crippen LogP contribution in [0.5, 0.6) is 0 Å². The number of rotatable bonds is 5. The van der Waals surface area contributed by atoms with E-state index in [0.29, 0.717) is 12.0 Å². The number of hydrogen-bond donors (Lipinski definition) is 1. The zero-order valence-corrected chi connectivity index (χ0v) is 16.7.